The second kappa shape index (κ2) is 5.46. The van der Waals surface area contributed by atoms with Crippen LogP contribution in [-0.4, -0.2) is 17.6 Å². The zero-order chi connectivity index (χ0) is 13.1. The van der Waals surface area contributed by atoms with E-state index < -0.39 is 0 Å². The van der Waals surface area contributed by atoms with Crippen LogP contribution >= 0.6 is 0 Å². The molecule has 1 fully saturated rings. The molecule has 1 heterocycles. The molecule has 100 valence electrons. The van der Waals surface area contributed by atoms with Crippen molar-refractivity contribution < 1.29 is 4.74 Å². The van der Waals surface area contributed by atoms with Gasteiger partial charge in [0.05, 0.1) is 12.3 Å². The van der Waals surface area contributed by atoms with Gasteiger partial charge in [-0.2, -0.15) is 4.98 Å². The SMILES string of the molecule is CCOc1nc(NC2CCC(C)C2C)ccc1N. The van der Waals surface area contributed by atoms with Gasteiger partial charge in [-0.05, 0) is 43.7 Å². The Labute approximate surface area is 109 Å². The summed E-state index contributed by atoms with van der Waals surface area (Å²) in [5.41, 5.74) is 6.41. The summed E-state index contributed by atoms with van der Waals surface area (Å²) in [5.74, 6) is 2.85. The molecule has 0 bridgehead atoms. The lowest BCUT2D eigenvalue weighted by atomic mass is 9.98. The van der Waals surface area contributed by atoms with Gasteiger partial charge in [-0.1, -0.05) is 13.8 Å². The van der Waals surface area contributed by atoms with Crippen LogP contribution < -0.4 is 15.8 Å². The van der Waals surface area contributed by atoms with Gasteiger partial charge in [-0.3, -0.25) is 0 Å². The molecule has 0 aromatic carbocycles. The maximum atomic E-state index is 5.82. The van der Waals surface area contributed by atoms with Gasteiger partial charge in [0.15, 0.2) is 0 Å². The average molecular weight is 249 g/mol. The van der Waals surface area contributed by atoms with E-state index in [1.54, 1.807) is 0 Å². The molecule has 0 aliphatic heterocycles. The van der Waals surface area contributed by atoms with E-state index in [1.807, 2.05) is 19.1 Å². The molecule has 4 heteroatoms. The first-order valence-corrected chi connectivity index (χ1v) is 6.77. The molecule has 18 heavy (non-hydrogen) atoms. The van der Waals surface area contributed by atoms with Gasteiger partial charge in [0.25, 0.3) is 0 Å². The van der Waals surface area contributed by atoms with Crippen molar-refractivity contribution in [2.45, 2.75) is 39.7 Å². The Balaban J connectivity index is 2.07. The molecular weight excluding hydrogens is 226 g/mol. The van der Waals surface area contributed by atoms with E-state index in [4.69, 9.17) is 10.5 Å². The molecule has 1 saturated carbocycles. The Morgan fingerprint density at radius 1 is 1.39 bits per heavy atom. The summed E-state index contributed by atoms with van der Waals surface area (Å²) in [5, 5.41) is 3.50. The summed E-state index contributed by atoms with van der Waals surface area (Å²) in [6.45, 7) is 7.13. The highest BCUT2D eigenvalue weighted by Gasteiger charge is 2.29. The number of nitrogens with two attached hydrogens (primary N) is 1. The molecule has 0 spiro atoms. The van der Waals surface area contributed by atoms with Gasteiger partial charge in [-0.15, -0.1) is 0 Å². The fourth-order valence-corrected chi connectivity index (χ4v) is 2.54. The molecule has 0 amide bonds. The van der Waals surface area contributed by atoms with Gasteiger partial charge in [0.1, 0.15) is 5.82 Å². The second-order valence-electron chi connectivity index (χ2n) is 5.19. The molecule has 3 atom stereocenters. The molecule has 2 rings (SSSR count). The molecule has 0 radical (unpaired) electrons. The van der Waals surface area contributed by atoms with Crippen molar-refractivity contribution in [3.8, 4) is 5.88 Å². The molecular formula is C14H23N3O. The van der Waals surface area contributed by atoms with Crippen molar-refractivity contribution in [3.05, 3.63) is 12.1 Å². The minimum Gasteiger partial charge on any atom is -0.476 e. The Hall–Kier alpha value is -1.45. The lowest BCUT2D eigenvalue weighted by Gasteiger charge is -2.20. The standard InChI is InChI=1S/C14H23N3O/c1-4-18-14-11(15)6-8-13(17-14)16-12-7-5-9(2)10(12)3/h6,8-10,12H,4-5,7,15H2,1-3H3,(H,16,17). The monoisotopic (exact) mass is 249 g/mol. The van der Waals surface area contributed by atoms with Crippen LogP contribution in [0.15, 0.2) is 12.1 Å². The average Bonchev–Trinajstić information content (AvgIpc) is 2.66. The summed E-state index contributed by atoms with van der Waals surface area (Å²) in [4.78, 5) is 4.43. The smallest absolute Gasteiger partial charge is 0.239 e. The number of nitrogens with one attached hydrogen (secondary N) is 1. The van der Waals surface area contributed by atoms with Crippen molar-refractivity contribution in [1.29, 1.82) is 0 Å². The zero-order valence-electron chi connectivity index (χ0n) is 11.4. The van der Waals surface area contributed by atoms with Crippen LogP contribution in [0.4, 0.5) is 11.5 Å². The van der Waals surface area contributed by atoms with E-state index in [-0.39, 0.29) is 0 Å². The highest BCUT2D eigenvalue weighted by atomic mass is 16.5. The third-order valence-corrected chi connectivity index (χ3v) is 3.97. The number of rotatable bonds is 4. The van der Waals surface area contributed by atoms with E-state index >= 15 is 0 Å². The van der Waals surface area contributed by atoms with Crippen molar-refractivity contribution in [2.75, 3.05) is 17.7 Å². The highest BCUT2D eigenvalue weighted by molar-refractivity contribution is 5.53. The fourth-order valence-electron chi connectivity index (χ4n) is 2.54. The first-order chi connectivity index (χ1) is 8.61. The third-order valence-electron chi connectivity index (χ3n) is 3.97. The minimum atomic E-state index is 0.505. The number of ether oxygens (including phenoxy) is 1. The van der Waals surface area contributed by atoms with Crippen LogP contribution in [0.1, 0.15) is 33.6 Å². The maximum absolute atomic E-state index is 5.82. The number of nitrogens with zero attached hydrogens (tertiary/aromatic N) is 1. The molecule has 4 nitrogen and oxygen atoms in total. The Morgan fingerprint density at radius 2 is 2.17 bits per heavy atom. The molecule has 1 aromatic rings. The van der Waals surface area contributed by atoms with E-state index in [1.165, 1.54) is 12.8 Å². The second-order valence-corrected chi connectivity index (χ2v) is 5.19. The summed E-state index contributed by atoms with van der Waals surface area (Å²) in [6, 6.07) is 4.28. The Kier molecular flexibility index (Phi) is 3.94. The van der Waals surface area contributed by atoms with Crippen LogP contribution in [0.3, 0.4) is 0 Å². The van der Waals surface area contributed by atoms with E-state index in [2.05, 4.69) is 24.1 Å². The van der Waals surface area contributed by atoms with E-state index in [0.717, 1.165) is 11.7 Å². The molecule has 0 saturated heterocycles. The number of nitrogen functional groups attached to an aromatic ring is 1. The molecule has 1 aromatic heterocycles. The number of hydrogen-bond acceptors (Lipinski definition) is 4. The van der Waals surface area contributed by atoms with E-state index in [9.17, 15) is 0 Å². The predicted octanol–water partition coefficient (Wildman–Crippen LogP) is 2.91. The van der Waals surface area contributed by atoms with E-state index in [0.29, 0.717) is 30.1 Å². The zero-order valence-corrected chi connectivity index (χ0v) is 11.4. The first kappa shape index (κ1) is 13.0. The summed E-state index contributed by atoms with van der Waals surface area (Å²) in [6.07, 6.45) is 2.49. The van der Waals surface area contributed by atoms with Crippen molar-refractivity contribution in [2.24, 2.45) is 11.8 Å². The van der Waals surface area contributed by atoms with Crippen molar-refractivity contribution in [1.82, 2.24) is 4.98 Å². The number of anilines is 2. The molecule has 3 N–H and O–H groups in total. The van der Waals surface area contributed by atoms with Gasteiger partial charge in [-0.25, -0.2) is 0 Å². The molecule has 3 unspecified atom stereocenters. The lowest BCUT2D eigenvalue weighted by Crippen LogP contribution is -2.24. The Morgan fingerprint density at radius 3 is 2.78 bits per heavy atom. The number of hydrogen-bond donors (Lipinski definition) is 2. The quantitative estimate of drug-likeness (QED) is 0.861. The number of pyridine rings is 1. The molecule has 1 aliphatic carbocycles. The lowest BCUT2D eigenvalue weighted by molar-refractivity contribution is 0.329. The Bertz CT molecular complexity index is 408. The van der Waals surface area contributed by atoms with Gasteiger partial charge >= 0.3 is 0 Å². The van der Waals surface area contributed by atoms with Crippen LogP contribution in [0.25, 0.3) is 0 Å². The first-order valence-electron chi connectivity index (χ1n) is 6.77. The van der Waals surface area contributed by atoms with Crippen molar-refractivity contribution in [3.63, 3.8) is 0 Å². The predicted molar refractivity (Wildman–Crippen MR) is 74.8 cm³/mol. The van der Waals surface area contributed by atoms with Crippen LogP contribution in [-0.2, 0) is 0 Å². The normalized spacial score (nSPS) is 27.2. The van der Waals surface area contributed by atoms with Gasteiger partial charge in [0, 0.05) is 6.04 Å². The summed E-state index contributed by atoms with van der Waals surface area (Å²) in [7, 11) is 0. The van der Waals surface area contributed by atoms with Crippen LogP contribution in [0.2, 0.25) is 0 Å². The summed E-state index contributed by atoms with van der Waals surface area (Å²) >= 11 is 0. The molecule has 1 aliphatic rings. The van der Waals surface area contributed by atoms with Crippen LogP contribution in [0.5, 0.6) is 5.88 Å². The largest absolute Gasteiger partial charge is 0.476 e. The number of aromatic nitrogens is 1. The third kappa shape index (κ3) is 2.68. The van der Waals surface area contributed by atoms with Crippen molar-refractivity contribution >= 4 is 11.5 Å². The van der Waals surface area contributed by atoms with Gasteiger partial charge in [0.2, 0.25) is 5.88 Å². The van der Waals surface area contributed by atoms with Gasteiger partial charge < -0.3 is 15.8 Å². The fraction of sp³-hybridized carbons (Fsp3) is 0.643. The maximum Gasteiger partial charge on any atom is 0.239 e. The highest BCUT2D eigenvalue weighted by Crippen LogP contribution is 2.33. The topological polar surface area (TPSA) is 60.2 Å². The summed E-state index contributed by atoms with van der Waals surface area (Å²) < 4.78 is 5.41. The minimum absolute atomic E-state index is 0.505. The van der Waals surface area contributed by atoms with Crippen LogP contribution in [0, 0.1) is 11.8 Å².